The molecular weight excluding hydrogens is 476 g/mol. The van der Waals surface area contributed by atoms with Crippen LogP contribution in [0.3, 0.4) is 0 Å². The topological polar surface area (TPSA) is 142 Å². The van der Waals surface area contributed by atoms with Gasteiger partial charge in [-0.15, -0.1) is 0 Å². The molecule has 0 spiro atoms. The lowest BCUT2D eigenvalue weighted by atomic mass is 10.2. The van der Waals surface area contributed by atoms with Gasteiger partial charge in [0.25, 0.3) is 0 Å². The van der Waals surface area contributed by atoms with Crippen molar-refractivity contribution < 1.29 is 16.8 Å². The number of sulfonamides is 2. The van der Waals surface area contributed by atoms with E-state index in [4.69, 9.17) is 0 Å². The van der Waals surface area contributed by atoms with E-state index in [0.29, 0.717) is 42.4 Å². The van der Waals surface area contributed by atoms with Crippen LogP contribution in [0.2, 0.25) is 0 Å². The molecule has 1 aliphatic heterocycles. The third-order valence-corrected chi connectivity index (χ3v) is 8.35. The van der Waals surface area contributed by atoms with Crippen molar-refractivity contribution in [2.24, 2.45) is 0 Å². The average molecular weight is 503 g/mol. The molecule has 0 radical (unpaired) electrons. The molecule has 1 aliphatic rings. The van der Waals surface area contributed by atoms with Crippen molar-refractivity contribution in [3.8, 4) is 0 Å². The van der Waals surface area contributed by atoms with Crippen molar-refractivity contribution in [1.82, 2.24) is 19.4 Å². The summed E-state index contributed by atoms with van der Waals surface area (Å²) in [5, 5.41) is 6.24. The molecule has 0 unspecified atom stereocenters. The van der Waals surface area contributed by atoms with Crippen LogP contribution in [0.5, 0.6) is 0 Å². The Morgan fingerprint density at radius 3 is 2.74 bits per heavy atom. The summed E-state index contributed by atoms with van der Waals surface area (Å²) in [5.41, 5.74) is 1.95. The summed E-state index contributed by atoms with van der Waals surface area (Å²) in [6, 6.07) is 13.2. The number of aromatic nitrogens is 2. The van der Waals surface area contributed by atoms with Crippen molar-refractivity contribution in [3.05, 3.63) is 65.9 Å². The van der Waals surface area contributed by atoms with Crippen molar-refractivity contribution in [2.45, 2.75) is 29.6 Å². The molecule has 4 rings (SSSR count). The van der Waals surface area contributed by atoms with Gasteiger partial charge < -0.3 is 10.6 Å². The van der Waals surface area contributed by atoms with E-state index in [1.807, 2.05) is 0 Å². The van der Waals surface area contributed by atoms with Crippen molar-refractivity contribution in [3.63, 3.8) is 0 Å². The van der Waals surface area contributed by atoms with E-state index in [1.54, 1.807) is 49.5 Å². The normalized spacial score (nSPS) is 15.7. The molecular formula is C22H26N6O4S2. The van der Waals surface area contributed by atoms with Crippen LogP contribution in [0.25, 0.3) is 0 Å². The zero-order valence-electron chi connectivity index (χ0n) is 18.6. The van der Waals surface area contributed by atoms with Crippen molar-refractivity contribution in [1.29, 1.82) is 0 Å². The molecule has 2 heterocycles. The van der Waals surface area contributed by atoms with Gasteiger partial charge in [0, 0.05) is 37.1 Å². The second-order valence-electron chi connectivity index (χ2n) is 7.81. The van der Waals surface area contributed by atoms with Gasteiger partial charge >= 0.3 is 0 Å². The second-order valence-corrected chi connectivity index (χ2v) is 11.3. The first-order valence-corrected chi connectivity index (χ1v) is 13.7. The standard InChI is InChI=1S/C22H26N6O4S2/c1-16-6-2-3-9-20(16)34(31,32)26-13-10-17-15-24-22-27-18-7-4-8-19(14-18)33(29,30)25-12-5-11-23-21(17)28-22/h2-4,6-9,14-15,25-26H,5,10-13H2,1H3,(H2,23,24,27,28). The number of hydrogen-bond acceptors (Lipinski definition) is 8. The molecule has 4 N–H and O–H groups in total. The minimum atomic E-state index is -3.64. The predicted octanol–water partition coefficient (Wildman–Crippen LogP) is 2.14. The zero-order chi connectivity index (χ0) is 24.2. The third-order valence-electron chi connectivity index (χ3n) is 5.27. The van der Waals surface area contributed by atoms with E-state index in [0.717, 1.165) is 5.56 Å². The maximum absolute atomic E-state index is 12.7. The molecule has 10 nitrogen and oxygen atoms in total. The summed E-state index contributed by atoms with van der Waals surface area (Å²) in [6.45, 7) is 2.65. The fourth-order valence-electron chi connectivity index (χ4n) is 3.51. The predicted molar refractivity (Wildman–Crippen MR) is 130 cm³/mol. The van der Waals surface area contributed by atoms with Crippen molar-refractivity contribution in [2.75, 3.05) is 30.3 Å². The maximum Gasteiger partial charge on any atom is 0.240 e. The van der Waals surface area contributed by atoms with Crippen molar-refractivity contribution >= 4 is 37.5 Å². The van der Waals surface area contributed by atoms with Gasteiger partial charge in [-0.2, -0.15) is 4.98 Å². The Morgan fingerprint density at radius 1 is 1.09 bits per heavy atom. The van der Waals surface area contributed by atoms with Gasteiger partial charge in [-0.1, -0.05) is 24.3 Å². The molecule has 4 bridgehead atoms. The highest BCUT2D eigenvalue weighted by atomic mass is 32.2. The highest BCUT2D eigenvalue weighted by Crippen LogP contribution is 2.21. The van der Waals surface area contributed by atoms with E-state index in [1.165, 1.54) is 12.1 Å². The van der Waals surface area contributed by atoms with Crippen LogP contribution in [0.15, 0.2) is 64.5 Å². The summed E-state index contributed by atoms with van der Waals surface area (Å²) < 4.78 is 55.5. The third kappa shape index (κ3) is 5.70. The molecule has 0 atom stereocenters. The van der Waals surface area contributed by atoms with Crippen LogP contribution in [-0.2, 0) is 26.5 Å². The maximum atomic E-state index is 12.7. The minimum Gasteiger partial charge on any atom is -0.370 e. The van der Waals surface area contributed by atoms with Gasteiger partial charge in [-0.25, -0.2) is 31.3 Å². The van der Waals surface area contributed by atoms with Gasteiger partial charge in [-0.3, -0.25) is 0 Å². The van der Waals surface area contributed by atoms with Crippen LogP contribution in [0, 0.1) is 6.92 Å². The number of benzene rings is 2. The number of nitrogens with zero attached hydrogens (tertiary/aromatic N) is 2. The largest absolute Gasteiger partial charge is 0.370 e. The molecule has 2 aromatic carbocycles. The van der Waals surface area contributed by atoms with E-state index in [9.17, 15) is 16.8 Å². The Morgan fingerprint density at radius 2 is 1.91 bits per heavy atom. The molecule has 12 heteroatoms. The highest BCUT2D eigenvalue weighted by molar-refractivity contribution is 7.89. The number of rotatable bonds is 5. The molecule has 3 aromatic rings. The number of hydrogen-bond donors (Lipinski definition) is 4. The summed E-state index contributed by atoms with van der Waals surface area (Å²) in [6.07, 6.45) is 2.54. The van der Waals surface area contributed by atoms with Gasteiger partial charge in [0.15, 0.2) is 0 Å². The lowest BCUT2D eigenvalue weighted by molar-refractivity contribution is 0.578. The van der Waals surface area contributed by atoms with Crippen LogP contribution < -0.4 is 20.1 Å². The first-order chi connectivity index (χ1) is 16.2. The highest BCUT2D eigenvalue weighted by Gasteiger charge is 2.18. The molecule has 0 aliphatic carbocycles. The molecule has 0 amide bonds. The monoisotopic (exact) mass is 502 g/mol. The molecule has 0 saturated heterocycles. The first-order valence-electron chi connectivity index (χ1n) is 10.8. The van der Waals surface area contributed by atoms with E-state index >= 15 is 0 Å². The van der Waals surface area contributed by atoms with E-state index in [2.05, 4.69) is 30.0 Å². The number of fused-ring (bicyclic) bond motifs is 4. The van der Waals surface area contributed by atoms with Crippen LogP contribution in [0.1, 0.15) is 17.5 Å². The van der Waals surface area contributed by atoms with Gasteiger partial charge in [0.1, 0.15) is 5.82 Å². The minimum absolute atomic E-state index is 0.155. The average Bonchev–Trinajstić information content (AvgIpc) is 2.80. The Hall–Kier alpha value is -3.06. The number of nitrogens with one attached hydrogen (secondary N) is 4. The summed E-state index contributed by atoms with van der Waals surface area (Å²) >= 11 is 0. The van der Waals surface area contributed by atoms with E-state index in [-0.39, 0.29) is 22.9 Å². The molecule has 1 aromatic heterocycles. The number of aryl methyl sites for hydroxylation is 1. The first kappa shape index (κ1) is 24.1. The SMILES string of the molecule is Cc1ccccc1S(=O)(=O)NCCc1cnc2nc1NCCCNS(=O)(=O)c1cccc(c1)N2. The van der Waals surface area contributed by atoms with Crippen LogP contribution in [0.4, 0.5) is 17.5 Å². The van der Waals surface area contributed by atoms with Crippen LogP contribution in [-0.4, -0.2) is 46.4 Å². The lowest BCUT2D eigenvalue weighted by Crippen LogP contribution is -2.27. The van der Waals surface area contributed by atoms with E-state index < -0.39 is 20.0 Å². The second kappa shape index (κ2) is 10.1. The molecule has 0 fully saturated rings. The molecule has 180 valence electrons. The summed E-state index contributed by atoms with van der Waals surface area (Å²) in [5.74, 6) is 0.861. The van der Waals surface area contributed by atoms with Gasteiger partial charge in [-0.05, 0) is 49.6 Å². The molecule has 34 heavy (non-hydrogen) atoms. The summed E-state index contributed by atoms with van der Waals surface area (Å²) in [4.78, 5) is 9.27. The Bertz CT molecular complexity index is 1390. The zero-order valence-corrected chi connectivity index (χ0v) is 20.2. The quantitative estimate of drug-likeness (QED) is 0.416. The fourth-order valence-corrected chi connectivity index (χ4v) is 5.91. The lowest BCUT2D eigenvalue weighted by Gasteiger charge is -2.14. The van der Waals surface area contributed by atoms with Crippen LogP contribution >= 0.6 is 0 Å². The van der Waals surface area contributed by atoms with Gasteiger partial charge in [0.2, 0.25) is 26.0 Å². The Balaban J connectivity index is 1.52. The Kier molecular flexibility index (Phi) is 7.12. The fraction of sp³-hybridized carbons (Fsp3) is 0.273. The number of anilines is 3. The van der Waals surface area contributed by atoms with Gasteiger partial charge in [0.05, 0.1) is 9.79 Å². The Labute approximate surface area is 199 Å². The summed E-state index contributed by atoms with van der Waals surface area (Å²) in [7, 11) is -7.26. The molecule has 0 saturated carbocycles. The smallest absolute Gasteiger partial charge is 0.240 e.